The fraction of sp³-hybridized carbons (Fsp3) is 0.120. The van der Waals surface area contributed by atoms with Crippen molar-refractivity contribution in [1.29, 1.82) is 0 Å². The van der Waals surface area contributed by atoms with Gasteiger partial charge < -0.3 is 8.92 Å². The number of ether oxygens (including phenoxy) is 1. The normalized spacial score (nSPS) is 11.7. The maximum absolute atomic E-state index is 13.1. The maximum atomic E-state index is 13.1. The van der Waals surface area contributed by atoms with E-state index in [1.807, 2.05) is 30.3 Å². The largest absolute Gasteiger partial charge is 0.493 e. The number of aliphatic imine (C=N–C) groups is 1. The van der Waals surface area contributed by atoms with Crippen molar-refractivity contribution in [2.24, 2.45) is 12.0 Å². The molecule has 0 fully saturated rings. The summed E-state index contributed by atoms with van der Waals surface area (Å²) in [6, 6.07) is 20.1. The molecule has 180 valence electrons. The molecule has 0 bridgehead atoms. The number of hydrogen-bond acceptors (Lipinski definition) is 6. The second kappa shape index (κ2) is 9.93. The van der Waals surface area contributed by atoms with E-state index in [0.717, 1.165) is 10.2 Å². The van der Waals surface area contributed by atoms with Crippen LogP contribution in [-0.4, -0.2) is 31.1 Å². The number of para-hydroxylation sites is 1. The third kappa shape index (κ3) is 5.08. The van der Waals surface area contributed by atoms with Gasteiger partial charge in [0.05, 0.1) is 18.5 Å². The standard InChI is InChI=1S/C25H22BrN3O5S/c1-17-24(25(30)29(28(17)2)20-7-5-4-6-8-20)27-16-18-9-14-22(33-3)23(15-18)34-35(31,32)21-12-10-19(26)11-13-21/h4-16H,1-3H3. The third-order valence-electron chi connectivity index (χ3n) is 5.36. The molecule has 4 aromatic rings. The predicted octanol–water partition coefficient (Wildman–Crippen LogP) is 4.77. The smallest absolute Gasteiger partial charge is 0.339 e. The molecule has 0 aliphatic carbocycles. The van der Waals surface area contributed by atoms with Crippen LogP contribution in [0.1, 0.15) is 11.3 Å². The van der Waals surface area contributed by atoms with Crippen LogP contribution in [0.15, 0.2) is 92.0 Å². The van der Waals surface area contributed by atoms with E-state index in [0.29, 0.717) is 11.3 Å². The van der Waals surface area contributed by atoms with Gasteiger partial charge in [-0.05, 0) is 67.1 Å². The van der Waals surface area contributed by atoms with Crippen molar-refractivity contribution in [3.8, 4) is 17.2 Å². The van der Waals surface area contributed by atoms with Gasteiger partial charge in [-0.2, -0.15) is 8.42 Å². The van der Waals surface area contributed by atoms with Gasteiger partial charge in [-0.15, -0.1) is 0 Å². The van der Waals surface area contributed by atoms with E-state index in [1.54, 1.807) is 42.9 Å². The van der Waals surface area contributed by atoms with Gasteiger partial charge in [0, 0.05) is 17.7 Å². The SMILES string of the molecule is COc1ccc(C=Nc2c(C)n(C)n(-c3ccccc3)c2=O)cc1OS(=O)(=O)c1ccc(Br)cc1. The Labute approximate surface area is 211 Å². The van der Waals surface area contributed by atoms with E-state index in [-0.39, 0.29) is 27.6 Å². The van der Waals surface area contributed by atoms with Crippen molar-refractivity contribution in [2.75, 3.05) is 7.11 Å². The van der Waals surface area contributed by atoms with Gasteiger partial charge in [0.25, 0.3) is 5.56 Å². The first-order valence-electron chi connectivity index (χ1n) is 10.5. The summed E-state index contributed by atoms with van der Waals surface area (Å²) < 4.78 is 40.2. The zero-order valence-corrected chi connectivity index (χ0v) is 21.6. The van der Waals surface area contributed by atoms with Crippen molar-refractivity contribution in [3.63, 3.8) is 0 Å². The molecule has 0 atom stereocenters. The van der Waals surface area contributed by atoms with Crippen LogP contribution in [0.25, 0.3) is 5.69 Å². The number of methoxy groups -OCH3 is 1. The average Bonchev–Trinajstić information content (AvgIpc) is 3.06. The Morgan fingerprint density at radius 2 is 1.66 bits per heavy atom. The first-order valence-corrected chi connectivity index (χ1v) is 12.7. The molecule has 0 aliphatic heterocycles. The molecule has 0 radical (unpaired) electrons. The van der Waals surface area contributed by atoms with Crippen LogP contribution in [-0.2, 0) is 17.2 Å². The van der Waals surface area contributed by atoms with Crippen molar-refractivity contribution < 1.29 is 17.3 Å². The Bertz CT molecular complexity index is 1560. The Morgan fingerprint density at radius 1 is 0.971 bits per heavy atom. The first-order chi connectivity index (χ1) is 16.7. The molecule has 35 heavy (non-hydrogen) atoms. The van der Waals surface area contributed by atoms with Gasteiger partial charge in [-0.25, -0.2) is 9.67 Å². The predicted molar refractivity (Wildman–Crippen MR) is 138 cm³/mol. The van der Waals surface area contributed by atoms with E-state index < -0.39 is 10.1 Å². The summed E-state index contributed by atoms with van der Waals surface area (Å²) in [5.41, 5.74) is 1.94. The summed E-state index contributed by atoms with van der Waals surface area (Å²) in [5, 5.41) is 0. The molecule has 3 aromatic carbocycles. The lowest BCUT2D eigenvalue weighted by molar-refractivity contribution is 0.390. The lowest BCUT2D eigenvalue weighted by Gasteiger charge is -2.11. The molecule has 0 saturated heterocycles. The number of benzene rings is 3. The molecule has 1 aromatic heterocycles. The second-order valence-electron chi connectivity index (χ2n) is 7.57. The van der Waals surface area contributed by atoms with Crippen LogP contribution in [0, 0.1) is 6.92 Å². The number of aromatic nitrogens is 2. The molecule has 10 heteroatoms. The van der Waals surface area contributed by atoms with E-state index in [9.17, 15) is 13.2 Å². The molecule has 8 nitrogen and oxygen atoms in total. The van der Waals surface area contributed by atoms with Crippen molar-refractivity contribution in [3.05, 3.63) is 98.9 Å². The minimum atomic E-state index is -4.09. The highest BCUT2D eigenvalue weighted by molar-refractivity contribution is 9.10. The van der Waals surface area contributed by atoms with Gasteiger partial charge in [0.1, 0.15) is 4.90 Å². The topological polar surface area (TPSA) is 91.9 Å². The molecule has 0 amide bonds. The van der Waals surface area contributed by atoms with Gasteiger partial charge in [0.2, 0.25) is 0 Å². The monoisotopic (exact) mass is 555 g/mol. The molecule has 0 N–H and O–H groups in total. The Kier molecular flexibility index (Phi) is 6.95. The summed E-state index contributed by atoms with van der Waals surface area (Å²) in [5.74, 6) is 0.246. The van der Waals surface area contributed by atoms with E-state index in [2.05, 4.69) is 20.9 Å². The number of nitrogens with zero attached hydrogens (tertiary/aromatic N) is 3. The molecule has 4 rings (SSSR count). The molecule has 0 unspecified atom stereocenters. The van der Waals surface area contributed by atoms with Gasteiger partial charge in [-0.3, -0.25) is 9.48 Å². The molecular weight excluding hydrogens is 534 g/mol. The quantitative estimate of drug-likeness (QED) is 0.242. The Balaban J connectivity index is 1.68. The van der Waals surface area contributed by atoms with Crippen LogP contribution in [0.4, 0.5) is 5.69 Å². The van der Waals surface area contributed by atoms with Gasteiger partial charge >= 0.3 is 10.1 Å². The summed E-state index contributed by atoms with van der Waals surface area (Å²) in [4.78, 5) is 17.5. The minimum Gasteiger partial charge on any atom is -0.493 e. The van der Waals surface area contributed by atoms with Gasteiger partial charge in [0.15, 0.2) is 17.2 Å². The van der Waals surface area contributed by atoms with Gasteiger partial charge in [-0.1, -0.05) is 34.1 Å². The van der Waals surface area contributed by atoms with E-state index >= 15 is 0 Å². The molecule has 0 saturated carbocycles. The highest BCUT2D eigenvalue weighted by Crippen LogP contribution is 2.31. The van der Waals surface area contributed by atoms with Crippen LogP contribution in [0.2, 0.25) is 0 Å². The van der Waals surface area contributed by atoms with Crippen molar-refractivity contribution in [1.82, 2.24) is 9.36 Å². The third-order valence-corrected chi connectivity index (χ3v) is 7.13. The summed E-state index contributed by atoms with van der Waals surface area (Å²) in [6.45, 7) is 1.81. The fourth-order valence-corrected chi connectivity index (χ4v) is 4.64. The van der Waals surface area contributed by atoms with E-state index in [4.69, 9.17) is 8.92 Å². The molecule has 0 aliphatic rings. The van der Waals surface area contributed by atoms with E-state index in [1.165, 1.54) is 36.2 Å². The van der Waals surface area contributed by atoms with Crippen LogP contribution < -0.4 is 14.5 Å². The summed E-state index contributed by atoms with van der Waals surface area (Å²) in [6.07, 6.45) is 1.48. The number of halogens is 1. The average molecular weight is 556 g/mol. The van der Waals surface area contributed by atoms with Crippen molar-refractivity contribution >= 4 is 38.0 Å². The summed E-state index contributed by atoms with van der Waals surface area (Å²) >= 11 is 3.28. The maximum Gasteiger partial charge on any atom is 0.339 e. The highest BCUT2D eigenvalue weighted by atomic mass is 79.9. The van der Waals surface area contributed by atoms with Crippen molar-refractivity contribution in [2.45, 2.75) is 11.8 Å². The number of hydrogen-bond donors (Lipinski definition) is 0. The molecular formula is C25H22BrN3O5S. The fourth-order valence-electron chi connectivity index (χ4n) is 3.45. The Hall–Kier alpha value is -3.63. The Morgan fingerprint density at radius 3 is 2.31 bits per heavy atom. The first kappa shape index (κ1) is 24.5. The molecule has 0 spiro atoms. The van der Waals surface area contributed by atoms with Crippen LogP contribution in [0.3, 0.4) is 0 Å². The lowest BCUT2D eigenvalue weighted by atomic mass is 10.2. The summed E-state index contributed by atoms with van der Waals surface area (Å²) in [7, 11) is -0.890. The zero-order chi connectivity index (χ0) is 25.2. The molecule has 1 heterocycles. The lowest BCUT2D eigenvalue weighted by Crippen LogP contribution is -2.19. The van der Waals surface area contributed by atoms with Crippen LogP contribution in [0.5, 0.6) is 11.5 Å². The minimum absolute atomic E-state index is 0.00296. The van der Waals surface area contributed by atoms with Crippen LogP contribution >= 0.6 is 15.9 Å². The zero-order valence-electron chi connectivity index (χ0n) is 19.2. The highest BCUT2D eigenvalue weighted by Gasteiger charge is 2.20. The number of rotatable bonds is 7. The second-order valence-corrected chi connectivity index (χ2v) is 10.0.